The van der Waals surface area contributed by atoms with Crippen LogP contribution in [0.1, 0.15) is 94.7 Å². The fourth-order valence-electron chi connectivity index (χ4n) is 3.90. The Morgan fingerprint density at radius 2 is 1.10 bits per heavy atom. The maximum atomic E-state index is 6.39. The summed E-state index contributed by atoms with van der Waals surface area (Å²) in [7, 11) is 8.54. The number of rotatable bonds is 17. The molecule has 1 rings (SSSR count). The molecule has 29 heavy (non-hydrogen) atoms. The summed E-state index contributed by atoms with van der Waals surface area (Å²) in [4.78, 5) is 4.48. The summed E-state index contributed by atoms with van der Waals surface area (Å²) in [6, 6.07) is 4.68. The van der Waals surface area contributed by atoms with Crippen molar-refractivity contribution in [2.24, 2.45) is 0 Å². The van der Waals surface area contributed by atoms with E-state index in [4.69, 9.17) is 4.74 Å². The van der Waals surface area contributed by atoms with Crippen LogP contribution in [0.25, 0.3) is 0 Å². The lowest BCUT2D eigenvalue weighted by molar-refractivity contribution is 0.285. The van der Waals surface area contributed by atoms with Gasteiger partial charge in [0.25, 0.3) is 0 Å². The van der Waals surface area contributed by atoms with Crippen molar-refractivity contribution in [3.63, 3.8) is 0 Å². The summed E-state index contributed by atoms with van der Waals surface area (Å²) in [5.74, 6) is 1.13. The van der Waals surface area contributed by atoms with Gasteiger partial charge in [0.05, 0.1) is 6.61 Å². The molecule has 0 unspecified atom stereocenters. The molecule has 0 radical (unpaired) electrons. The Morgan fingerprint density at radius 1 is 0.655 bits per heavy atom. The van der Waals surface area contributed by atoms with Crippen molar-refractivity contribution in [2.45, 2.75) is 97.6 Å². The Bertz CT molecular complexity index is 509. The zero-order valence-corrected chi connectivity index (χ0v) is 20.4. The quantitative estimate of drug-likeness (QED) is 0.270. The highest BCUT2D eigenvalue weighted by atomic mass is 16.5. The molecule has 0 amide bonds. The van der Waals surface area contributed by atoms with Crippen LogP contribution in [0.4, 0.5) is 0 Å². The van der Waals surface area contributed by atoms with Crippen molar-refractivity contribution in [3.05, 3.63) is 28.8 Å². The third-order valence-electron chi connectivity index (χ3n) is 5.43. The molecule has 0 aliphatic heterocycles. The molecule has 1 aromatic carbocycles. The molecule has 3 heteroatoms. The molecule has 0 bridgehead atoms. The van der Waals surface area contributed by atoms with Gasteiger partial charge in [0.2, 0.25) is 0 Å². The molecule has 168 valence electrons. The summed E-state index contributed by atoms with van der Waals surface area (Å²) in [5, 5.41) is 0. The van der Waals surface area contributed by atoms with Crippen molar-refractivity contribution in [1.82, 2.24) is 9.80 Å². The van der Waals surface area contributed by atoms with Crippen molar-refractivity contribution in [1.29, 1.82) is 0 Å². The van der Waals surface area contributed by atoms with E-state index in [1.165, 1.54) is 74.5 Å². The second-order valence-corrected chi connectivity index (χ2v) is 9.10. The fourth-order valence-corrected chi connectivity index (χ4v) is 3.90. The molecule has 1 aromatic rings. The minimum Gasteiger partial charge on any atom is -0.493 e. The first-order chi connectivity index (χ1) is 14.0. The first kappa shape index (κ1) is 26.0. The summed E-state index contributed by atoms with van der Waals surface area (Å²) < 4.78 is 6.39. The molecule has 0 aromatic heterocycles. The number of benzene rings is 1. The molecule has 0 aliphatic carbocycles. The van der Waals surface area contributed by atoms with Gasteiger partial charge >= 0.3 is 0 Å². The van der Waals surface area contributed by atoms with Crippen LogP contribution in [0.2, 0.25) is 0 Å². The van der Waals surface area contributed by atoms with Gasteiger partial charge in [0, 0.05) is 24.2 Å². The lowest BCUT2D eigenvalue weighted by atomic mass is 10.0. The van der Waals surface area contributed by atoms with E-state index >= 15 is 0 Å². The zero-order valence-electron chi connectivity index (χ0n) is 20.4. The molecular weight excluding hydrogens is 356 g/mol. The summed E-state index contributed by atoms with van der Waals surface area (Å²) >= 11 is 0. The number of hydrogen-bond donors (Lipinski definition) is 0. The van der Waals surface area contributed by atoms with Gasteiger partial charge in [0.15, 0.2) is 0 Å². The summed E-state index contributed by atoms with van der Waals surface area (Å²) in [6.45, 7) is 7.22. The average Bonchev–Trinajstić information content (AvgIpc) is 2.66. The van der Waals surface area contributed by atoms with E-state index in [2.05, 4.69) is 64.0 Å². The monoisotopic (exact) mass is 404 g/mol. The highest BCUT2D eigenvalue weighted by Gasteiger charge is 2.14. The third-order valence-corrected chi connectivity index (χ3v) is 5.43. The van der Waals surface area contributed by atoms with E-state index < -0.39 is 0 Å². The predicted molar refractivity (Wildman–Crippen MR) is 128 cm³/mol. The van der Waals surface area contributed by atoms with E-state index in [-0.39, 0.29) is 0 Å². The molecule has 0 saturated heterocycles. The van der Waals surface area contributed by atoms with E-state index in [9.17, 15) is 0 Å². The van der Waals surface area contributed by atoms with E-state index in [0.29, 0.717) is 0 Å². The van der Waals surface area contributed by atoms with Crippen LogP contribution >= 0.6 is 0 Å². The molecule has 0 fully saturated rings. The Labute approximate surface area is 181 Å². The zero-order chi connectivity index (χ0) is 21.5. The van der Waals surface area contributed by atoms with Gasteiger partial charge in [-0.2, -0.15) is 0 Å². The van der Waals surface area contributed by atoms with Crippen molar-refractivity contribution in [3.8, 4) is 5.75 Å². The largest absolute Gasteiger partial charge is 0.493 e. The van der Waals surface area contributed by atoms with Crippen molar-refractivity contribution in [2.75, 3.05) is 34.8 Å². The highest BCUT2D eigenvalue weighted by Crippen LogP contribution is 2.29. The van der Waals surface area contributed by atoms with E-state index in [1.54, 1.807) is 0 Å². The summed E-state index contributed by atoms with van der Waals surface area (Å²) in [5.41, 5.74) is 4.07. The van der Waals surface area contributed by atoms with Gasteiger partial charge in [-0.25, -0.2) is 0 Å². The smallest absolute Gasteiger partial charge is 0.128 e. The minimum atomic E-state index is 0.836. The topological polar surface area (TPSA) is 15.7 Å². The maximum absolute atomic E-state index is 6.39. The van der Waals surface area contributed by atoms with Crippen LogP contribution < -0.4 is 4.74 Å². The van der Waals surface area contributed by atoms with Gasteiger partial charge in [-0.3, -0.25) is 0 Å². The SMILES string of the molecule is CCCCCCCCCCCCOc1c(CN(C)C)cc(CC)cc1CN(C)C. The molecule has 3 nitrogen and oxygen atoms in total. The minimum absolute atomic E-state index is 0.836. The van der Waals surface area contributed by atoms with Gasteiger partial charge in [0.1, 0.15) is 5.75 Å². The summed E-state index contributed by atoms with van der Waals surface area (Å²) in [6.07, 6.45) is 14.7. The van der Waals surface area contributed by atoms with Crippen LogP contribution in [-0.4, -0.2) is 44.6 Å². The molecule has 0 saturated carbocycles. The molecular formula is C26H48N2O. The number of nitrogens with zero attached hydrogens (tertiary/aromatic N) is 2. The molecule has 0 N–H and O–H groups in total. The Morgan fingerprint density at radius 3 is 1.52 bits per heavy atom. The maximum Gasteiger partial charge on any atom is 0.128 e. The molecule has 0 heterocycles. The van der Waals surface area contributed by atoms with Crippen molar-refractivity contribution >= 4 is 0 Å². The third kappa shape index (κ3) is 11.6. The van der Waals surface area contributed by atoms with E-state index in [0.717, 1.165) is 38.3 Å². The number of aryl methyl sites for hydroxylation is 1. The van der Waals surface area contributed by atoms with Crippen LogP contribution in [0.15, 0.2) is 12.1 Å². The van der Waals surface area contributed by atoms with Gasteiger partial charge < -0.3 is 14.5 Å². The van der Waals surface area contributed by atoms with Crippen LogP contribution in [-0.2, 0) is 19.5 Å². The second-order valence-electron chi connectivity index (χ2n) is 9.10. The molecule has 0 spiro atoms. The van der Waals surface area contributed by atoms with E-state index in [1.807, 2.05) is 0 Å². The highest BCUT2D eigenvalue weighted by molar-refractivity contribution is 5.45. The first-order valence-electron chi connectivity index (χ1n) is 12.0. The lowest BCUT2D eigenvalue weighted by Gasteiger charge is -2.21. The van der Waals surface area contributed by atoms with Crippen molar-refractivity contribution < 1.29 is 4.74 Å². The Kier molecular flexibility index (Phi) is 14.1. The fraction of sp³-hybridized carbons (Fsp3) is 0.769. The van der Waals surface area contributed by atoms with Crippen LogP contribution in [0, 0.1) is 0 Å². The second kappa shape index (κ2) is 15.7. The number of hydrogen-bond acceptors (Lipinski definition) is 3. The standard InChI is InChI=1S/C26H48N2O/c1-7-9-10-11-12-13-14-15-16-17-18-29-26-24(21-27(3)4)19-23(8-2)20-25(26)22-28(5)6/h19-20H,7-18,21-22H2,1-6H3. The lowest BCUT2D eigenvalue weighted by Crippen LogP contribution is -2.16. The van der Waals surface area contributed by atoms with Crippen LogP contribution in [0.5, 0.6) is 5.75 Å². The average molecular weight is 405 g/mol. The van der Waals surface area contributed by atoms with Gasteiger partial charge in [-0.15, -0.1) is 0 Å². The van der Waals surface area contributed by atoms with Gasteiger partial charge in [-0.1, -0.05) is 83.8 Å². The molecule has 0 atom stereocenters. The molecule has 0 aliphatic rings. The first-order valence-corrected chi connectivity index (χ1v) is 12.0. The number of unbranched alkanes of at least 4 members (excludes halogenated alkanes) is 9. The van der Waals surface area contributed by atoms with Gasteiger partial charge in [-0.05, 0) is 46.6 Å². The Balaban J connectivity index is 2.50. The predicted octanol–water partition coefficient (Wildman–Crippen LogP) is 6.67. The normalized spacial score (nSPS) is 11.6. The number of ether oxygens (including phenoxy) is 1. The Hall–Kier alpha value is -1.06. The van der Waals surface area contributed by atoms with Crippen LogP contribution in [0.3, 0.4) is 0 Å².